The maximum Gasteiger partial charge on any atom is 0.253 e. The number of likely N-dealkylation sites (tertiary alicyclic amines) is 1. The molecular weight excluding hydrogens is 614 g/mol. The molecule has 6 rings (SSSR count). The standard InChI is InChI=1S/C39H57N7O3/c1-7-46(33-12-20-49-21-13-33)39(5)24-31(23-34(29(39)4)37(47)41-26-35-27(2)22-28(3)42-38(35)48)30-8-9-36(40-25-30)45-18-16-44(17-19-45)32-10-14-43(6)15-11-32/h8-9,22-23,25,32-33H,7,10-21,24,26H2,1-6H3,(H,41,47)(H,42,48). The molecule has 266 valence electrons. The van der Waals surface area contributed by atoms with Gasteiger partial charge in [-0.25, -0.2) is 4.98 Å². The minimum atomic E-state index is -0.367. The first kappa shape index (κ1) is 35.5. The normalized spacial score (nSPS) is 23.7. The van der Waals surface area contributed by atoms with Gasteiger partial charge in [-0.05, 0) is 133 Å². The lowest BCUT2D eigenvalue weighted by Crippen LogP contribution is -2.55. The van der Waals surface area contributed by atoms with E-state index in [9.17, 15) is 9.59 Å². The van der Waals surface area contributed by atoms with Crippen molar-refractivity contribution < 1.29 is 9.53 Å². The zero-order chi connectivity index (χ0) is 34.7. The van der Waals surface area contributed by atoms with E-state index in [1.54, 1.807) is 0 Å². The van der Waals surface area contributed by atoms with Crippen molar-refractivity contribution in [3.63, 3.8) is 0 Å². The van der Waals surface area contributed by atoms with E-state index in [2.05, 4.69) is 75.9 Å². The van der Waals surface area contributed by atoms with Gasteiger partial charge in [-0.2, -0.15) is 0 Å². The third-order valence-corrected chi connectivity index (χ3v) is 11.8. The zero-order valence-corrected chi connectivity index (χ0v) is 30.6. The van der Waals surface area contributed by atoms with Gasteiger partial charge in [-0.1, -0.05) is 6.92 Å². The van der Waals surface area contributed by atoms with E-state index in [1.807, 2.05) is 26.1 Å². The van der Waals surface area contributed by atoms with E-state index in [0.717, 1.165) is 99.0 Å². The van der Waals surface area contributed by atoms with Gasteiger partial charge >= 0.3 is 0 Å². The number of carbonyl (C=O) groups is 1. The number of nitrogens with one attached hydrogen (secondary N) is 2. The second kappa shape index (κ2) is 15.3. The molecule has 2 aromatic rings. The first-order valence-electron chi connectivity index (χ1n) is 18.5. The number of rotatable bonds is 9. The fraction of sp³-hybridized carbons (Fsp3) is 0.615. The molecule has 10 nitrogen and oxygen atoms in total. The maximum atomic E-state index is 14.0. The molecule has 2 aromatic heterocycles. The highest BCUT2D eigenvalue weighted by Crippen LogP contribution is 2.43. The number of hydrogen-bond acceptors (Lipinski definition) is 8. The Kier molecular flexibility index (Phi) is 11.1. The van der Waals surface area contributed by atoms with Gasteiger partial charge < -0.3 is 24.8 Å². The third kappa shape index (κ3) is 7.72. The fourth-order valence-electron chi connectivity index (χ4n) is 8.68. The number of hydrogen-bond donors (Lipinski definition) is 2. The molecule has 1 amide bonds. The summed E-state index contributed by atoms with van der Waals surface area (Å²) in [6.07, 6.45) is 9.34. The van der Waals surface area contributed by atoms with E-state index in [4.69, 9.17) is 9.72 Å². The number of aromatic nitrogens is 2. The molecule has 0 aromatic carbocycles. The quantitative estimate of drug-likeness (QED) is 0.408. The monoisotopic (exact) mass is 671 g/mol. The Morgan fingerprint density at radius 2 is 1.78 bits per heavy atom. The Labute approximate surface area is 292 Å². The molecule has 10 heteroatoms. The number of piperazine rings is 1. The van der Waals surface area contributed by atoms with E-state index in [0.29, 0.717) is 23.2 Å². The number of piperidine rings is 1. The minimum absolute atomic E-state index is 0.153. The number of pyridine rings is 2. The van der Waals surface area contributed by atoms with Gasteiger partial charge in [0, 0.05) is 86.6 Å². The average Bonchev–Trinajstić information content (AvgIpc) is 3.10. The van der Waals surface area contributed by atoms with Crippen LogP contribution in [0.2, 0.25) is 0 Å². The highest BCUT2D eigenvalue weighted by Gasteiger charge is 2.42. The summed E-state index contributed by atoms with van der Waals surface area (Å²) in [5.74, 6) is 0.863. The Morgan fingerprint density at radius 1 is 1.06 bits per heavy atom. The van der Waals surface area contributed by atoms with Crippen LogP contribution in [0, 0.1) is 13.8 Å². The highest BCUT2D eigenvalue weighted by molar-refractivity contribution is 6.00. The topological polar surface area (TPSA) is 97.0 Å². The lowest BCUT2D eigenvalue weighted by atomic mass is 9.74. The summed E-state index contributed by atoms with van der Waals surface area (Å²) in [5.41, 5.74) is 5.65. The van der Waals surface area contributed by atoms with Gasteiger partial charge in [0.1, 0.15) is 5.82 Å². The van der Waals surface area contributed by atoms with E-state index in [-0.39, 0.29) is 23.6 Å². The smallest absolute Gasteiger partial charge is 0.253 e. The molecule has 0 radical (unpaired) electrons. The Hall–Kier alpha value is -3.31. The molecule has 2 N–H and O–H groups in total. The fourth-order valence-corrected chi connectivity index (χ4v) is 8.68. The molecule has 3 aliphatic heterocycles. The van der Waals surface area contributed by atoms with Crippen molar-refractivity contribution in [1.82, 2.24) is 30.0 Å². The van der Waals surface area contributed by atoms with Crippen molar-refractivity contribution in [2.45, 2.75) is 90.9 Å². The number of anilines is 1. The number of H-pyrrole nitrogens is 1. The summed E-state index contributed by atoms with van der Waals surface area (Å²) < 4.78 is 5.73. The predicted octanol–water partition coefficient (Wildman–Crippen LogP) is 4.28. The number of ether oxygens (including phenoxy) is 1. The van der Waals surface area contributed by atoms with E-state index >= 15 is 0 Å². The summed E-state index contributed by atoms with van der Waals surface area (Å²) in [6, 6.07) is 7.38. The number of carbonyl (C=O) groups excluding carboxylic acids is 1. The molecule has 3 saturated heterocycles. The van der Waals surface area contributed by atoms with Gasteiger partial charge in [0.05, 0.1) is 0 Å². The molecule has 4 aliphatic rings. The van der Waals surface area contributed by atoms with Crippen LogP contribution >= 0.6 is 0 Å². The number of nitrogens with zero attached hydrogens (tertiary/aromatic N) is 5. The van der Waals surface area contributed by atoms with Gasteiger partial charge in [-0.15, -0.1) is 0 Å². The molecule has 1 unspecified atom stereocenters. The van der Waals surface area contributed by atoms with Crippen molar-refractivity contribution in [2.75, 3.05) is 71.0 Å². The molecule has 0 saturated carbocycles. The summed E-state index contributed by atoms with van der Waals surface area (Å²) in [7, 11) is 2.23. The van der Waals surface area contributed by atoms with Crippen LogP contribution < -0.4 is 15.8 Å². The minimum Gasteiger partial charge on any atom is -0.381 e. The molecule has 3 fully saturated rings. The Morgan fingerprint density at radius 3 is 2.41 bits per heavy atom. The lowest BCUT2D eigenvalue weighted by molar-refractivity contribution is -0.117. The second-order valence-electron chi connectivity index (χ2n) is 14.9. The van der Waals surface area contributed by atoms with Crippen LogP contribution in [0.15, 0.2) is 46.4 Å². The maximum absolute atomic E-state index is 14.0. The van der Waals surface area contributed by atoms with Crippen molar-refractivity contribution >= 4 is 17.3 Å². The van der Waals surface area contributed by atoms with E-state index < -0.39 is 0 Å². The van der Waals surface area contributed by atoms with Crippen molar-refractivity contribution in [1.29, 1.82) is 0 Å². The second-order valence-corrected chi connectivity index (χ2v) is 14.9. The number of likely N-dealkylation sites (N-methyl/N-ethyl adjacent to an activating group) is 1. The zero-order valence-electron chi connectivity index (χ0n) is 30.6. The van der Waals surface area contributed by atoms with E-state index in [1.165, 1.54) is 25.9 Å². The number of aromatic amines is 1. The van der Waals surface area contributed by atoms with Crippen LogP contribution in [0.25, 0.3) is 5.57 Å². The Balaban J connectivity index is 1.23. The first-order chi connectivity index (χ1) is 23.6. The van der Waals surface area contributed by atoms with Gasteiger partial charge in [0.25, 0.3) is 11.5 Å². The molecule has 0 bridgehead atoms. The summed E-state index contributed by atoms with van der Waals surface area (Å²) in [6.45, 7) is 19.5. The molecular formula is C39H57N7O3. The van der Waals surface area contributed by atoms with Crippen LogP contribution in [0.1, 0.15) is 75.3 Å². The Bertz CT molecular complexity index is 1590. The molecule has 1 atom stereocenters. The van der Waals surface area contributed by atoms with Crippen molar-refractivity contribution in [3.8, 4) is 0 Å². The molecule has 1 aliphatic carbocycles. The van der Waals surface area contributed by atoms with Crippen LogP contribution in [0.5, 0.6) is 0 Å². The van der Waals surface area contributed by atoms with Gasteiger partial charge in [-0.3, -0.25) is 19.4 Å². The van der Waals surface area contributed by atoms with Crippen LogP contribution in [-0.4, -0.2) is 114 Å². The summed E-state index contributed by atoms with van der Waals surface area (Å²) in [4.78, 5) is 44.8. The van der Waals surface area contributed by atoms with Crippen LogP contribution in [0.3, 0.4) is 0 Å². The van der Waals surface area contributed by atoms with Crippen molar-refractivity contribution in [3.05, 3.63) is 74.4 Å². The van der Waals surface area contributed by atoms with Crippen molar-refractivity contribution in [2.24, 2.45) is 0 Å². The number of aryl methyl sites for hydroxylation is 2. The lowest BCUT2D eigenvalue weighted by Gasteiger charge is -2.49. The average molecular weight is 672 g/mol. The van der Waals surface area contributed by atoms with Crippen LogP contribution in [0.4, 0.5) is 5.82 Å². The number of amides is 1. The van der Waals surface area contributed by atoms with Crippen LogP contribution in [-0.2, 0) is 16.1 Å². The van der Waals surface area contributed by atoms with Gasteiger partial charge in [0.15, 0.2) is 0 Å². The largest absolute Gasteiger partial charge is 0.381 e. The summed E-state index contributed by atoms with van der Waals surface area (Å²) in [5, 5.41) is 3.10. The highest BCUT2D eigenvalue weighted by atomic mass is 16.5. The third-order valence-electron chi connectivity index (χ3n) is 11.8. The first-order valence-corrected chi connectivity index (χ1v) is 18.5. The van der Waals surface area contributed by atoms with Gasteiger partial charge in [0.2, 0.25) is 0 Å². The summed E-state index contributed by atoms with van der Waals surface area (Å²) >= 11 is 0. The molecule has 49 heavy (non-hydrogen) atoms. The molecule has 5 heterocycles. The molecule has 0 spiro atoms. The predicted molar refractivity (Wildman–Crippen MR) is 197 cm³/mol. The SMILES string of the molecule is CCN(C1CCOCC1)C1(C)CC(c2ccc(N3CCN(C4CCN(C)CC4)CC3)nc2)=CC(C(=O)NCc2c(C)cc(C)[nH]c2=O)=C1C.